The van der Waals surface area contributed by atoms with Gasteiger partial charge in [0, 0.05) is 19.2 Å². The first kappa shape index (κ1) is 12.6. The molecule has 0 fully saturated rings. The van der Waals surface area contributed by atoms with Gasteiger partial charge in [-0.3, -0.25) is 9.59 Å². The van der Waals surface area contributed by atoms with Crippen molar-refractivity contribution in [2.24, 2.45) is 5.73 Å². The van der Waals surface area contributed by atoms with Crippen LogP contribution < -0.4 is 5.73 Å². The molecule has 3 N–H and O–H groups in total. The molecule has 0 spiro atoms. The zero-order valence-electron chi connectivity index (χ0n) is 8.84. The highest BCUT2D eigenvalue weighted by atomic mass is 32.2. The average Bonchev–Trinajstić information content (AvgIpc) is 2.52. The van der Waals surface area contributed by atoms with Gasteiger partial charge in [0.15, 0.2) is 5.16 Å². The van der Waals surface area contributed by atoms with E-state index >= 15 is 0 Å². The molecule has 1 aromatic rings. The van der Waals surface area contributed by atoms with Gasteiger partial charge in [-0.1, -0.05) is 11.8 Å². The normalized spacial score (nSPS) is 10.3. The van der Waals surface area contributed by atoms with Crippen LogP contribution in [0.2, 0.25) is 0 Å². The Kier molecular flexibility index (Phi) is 4.36. The van der Waals surface area contributed by atoms with E-state index in [1.54, 1.807) is 10.8 Å². The summed E-state index contributed by atoms with van der Waals surface area (Å²) in [5.41, 5.74) is 5.83. The minimum atomic E-state index is -0.896. The third-order valence-electron chi connectivity index (χ3n) is 1.78. The maximum Gasteiger partial charge on any atom is 0.313 e. The number of imidazole rings is 1. The van der Waals surface area contributed by atoms with Crippen LogP contribution in [0.25, 0.3) is 0 Å². The van der Waals surface area contributed by atoms with Crippen molar-refractivity contribution in [2.45, 2.75) is 25.0 Å². The van der Waals surface area contributed by atoms with Crippen LogP contribution in [0.1, 0.15) is 12.1 Å². The van der Waals surface area contributed by atoms with Gasteiger partial charge in [0.05, 0.1) is 11.4 Å². The Hall–Kier alpha value is -1.50. The average molecular weight is 243 g/mol. The van der Waals surface area contributed by atoms with Crippen LogP contribution in [0.5, 0.6) is 0 Å². The molecule has 16 heavy (non-hydrogen) atoms. The molecule has 1 rings (SSSR count). The Balaban J connectivity index is 2.67. The Morgan fingerprint density at radius 3 is 2.88 bits per heavy atom. The summed E-state index contributed by atoms with van der Waals surface area (Å²) in [6, 6.07) is 0. The SMILES string of the molecule is Cc1cn(CCC(N)=O)c(SCC(=O)O)n1. The third kappa shape index (κ3) is 3.93. The number of aromatic nitrogens is 2. The summed E-state index contributed by atoms with van der Waals surface area (Å²) in [5, 5.41) is 9.16. The minimum absolute atomic E-state index is 0.0486. The molecule has 1 aromatic heterocycles. The van der Waals surface area contributed by atoms with Crippen molar-refractivity contribution in [3.8, 4) is 0 Å². The molecular weight excluding hydrogens is 230 g/mol. The van der Waals surface area contributed by atoms with Gasteiger partial charge in [0.1, 0.15) is 0 Å². The zero-order valence-corrected chi connectivity index (χ0v) is 9.66. The van der Waals surface area contributed by atoms with Gasteiger partial charge in [-0.15, -0.1) is 0 Å². The largest absolute Gasteiger partial charge is 0.481 e. The number of carbonyl (C=O) groups is 2. The topological polar surface area (TPSA) is 98.2 Å². The number of hydrogen-bond acceptors (Lipinski definition) is 4. The molecule has 7 heteroatoms. The van der Waals surface area contributed by atoms with Crippen LogP contribution in [0, 0.1) is 6.92 Å². The highest BCUT2D eigenvalue weighted by Gasteiger charge is 2.09. The Morgan fingerprint density at radius 1 is 1.62 bits per heavy atom. The Bertz CT molecular complexity index is 367. The summed E-state index contributed by atoms with van der Waals surface area (Å²) in [6.07, 6.45) is 1.99. The highest BCUT2D eigenvalue weighted by Crippen LogP contribution is 2.17. The number of nitrogens with two attached hydrogens (primary N) is 1. The smallest absolute Gasteiger partial charge is 0.313 e. The second-order valence-corrected chi connectivity index (χ2v) is 4.20. The highest BCUT2D eigenvalue weighted by molar-refractivity contribution is 7.99. The summed E-state index contributed by atoms with van der Waals surface area (Å²) in [6.45, 7) is 2.24. The molecule has 1 heterocycles. The molecule has 0 radical (unpaired) electrons. The number of rotatable bonds is 6. The quantitative estimate of drug-likeness (QED) is 0.697. The molecule has 0 unspecified atom stereocenters. The lowest BCUT2D eigenvalue weighted by molar-refractivity contribution is -0.134. The number of hydrogen-bond donors (Lipinski definition) is 2. The van der Waals surface area contributed by atoms with Crippen molar-refractivity contribution in [1.82, 2.24) is 9.55 Å². The fraction of sp³-hybridized carbons (Fsp3) is 0.444. The van der Waals surface area contributed by atoms with Gasteiger partial charge >= 0.3 is 5.97 Å². The molecule has 88 valence electrons. The maximum atomic E-state index is 10.6. The number of aliphatic carboxylic acids is 1. The van der Waals surface area contributed by atoms with E-state index in [0.717, 1.165) is 17.5 Å². The number of amides is 1. The van der Waals surface area contributed by atoms with E-state index in [4.69, 9.17) is 10.8 Å². The van der Waals surface area contributed by atoms with Gasteiger partial charge in [0.25, 0.3) is 0 Å². The van der Waals surface area contributed by atoms with Gasteiger partial charge in [0.2, 0.25) is 5.91 Å². The van der Waals surface area contributed by atoms with Crippen LogP contribution in [0.4, 0.5) is 0 Å². The van der Waals surface area contributed by atoms with Crippen LogP contribution >= 0.6 is 11.8 Å². The number of carboxylic acids is 1. The molecular formula is C9H13N3O3S. The fourth-order valence-electron chi connectivity index (χ4n) is 1.16. The van der Waals surface area contributed by atoms with E-state index in [0.29, 0.717) is 11.7 Å². The van der Waals surface area contributed by atoms with Crippen molar-refractivity contribution in [1.29, 1.82) is 0 Å². The van der Waals surface area contributed by atoms with E-state index in [1.807, 2.05) is 6.92 Å². The molecule has 0 saturated heterocycles. The predicted octanol–water partition coefficient (Wildman–Crippen LogP) is 0.244. The van der Waals surface area contributed by atoms with E-state index in [-0.39, 0.29) is 18.1 Å². The maximum absolute atomic E-state index is 10.6. The first-order valence-electron chi connectivity index (χ1n) is 4.65. The first-order chi connectivity index (χ1) is 7.49. The molecule has 0 bridgehead atoms. The van der Waals surface area contributed by atoms with E-state index < -0.39 is 5.97 Å². The number of aryl methyl sites for hydroxylation is 2. The molecule has 0 aliphatic rings. The molecule has 0 aliphatic carbocycles. The lowest BCUT2D eigenvalue weighted by atomic mass is 10.4. The lowest BCUT2D eigenvalue weighted by Gasteiger charge is -2.04. The number of carboxylic acid groups (broad SMARTS) is 1. The standard InChI is InChI=1S/C9H13N3O3S/c1-6-4-12(3-2-7(10)13)9(11-6)16-5-8(14)15/h4H,2-3,5H2,1H3,(H2,10,13)(H,14,15). The summed E-state index contributed by atoms with van der Waals surface area (Å²) in [4.78, 5) is 25.2. The van der Waals surface area contributed by atoms with Gasteiger partial charge in [-0.25, -0.2) is 4.98 Å². The van der Waals surface area contributed by atoms with Crippen molar-refractivity contribution < 1.29 is 14.7 Å². The Morgan fingerprint density at radius 2 is 2.31 bits per heavy atom. The monoisotopic (exact) mass is 243 g/mol. The van der Waals surface area contributed by atoms with Crippen LogP contribution in [0.15, 0.2) is 11.4 Å². The third-order valence-corrected chi connectivity index (χ3v) is 2.76. The summed E-state index contributed by atoms with van der Waals surface area (Å²) in [5.74, 6) is -1.33. The fourth-order valence-corrected chi connectivity index (χ4v) is 1.93. The lowest BCUT2D eigenvalue weighted by Crippen LogP contribution is -2.14. The van der Waals surface area contributed by atoms with E-state index in [2.05, 4.69) is 4.98 Å². The molecule has 0 aliphatic heterocycles. The number of carbonyl (C=O) groups excluding carboxylic acids is 1. The van der Waals surface area contributed by atoms with E-state index in [1.165, 1.54) is 0 Å². The van der Waals surface area contributed by atoms with Crippen molar-refractivity contribution >= 4 is 23.6 Å². The molecule has 0 saturated carbocycles. The molecule has 6 nitrogen and oxygen atoms in total. The second-order valence-electron chi connectivity index (χ2n) is 3.26. The van der Waals surface area contributed by atoms with Crippen LogP contribution in [-0.2, 0) is 16.1 Å². The number of thioether (sulfide) groups is 1. The predicted molar refractivity (Wildman–Crippen MR) is 59.1 cm³/mol. The van der Waals surface area contributed by atoms with Gasteiger partial charge in [-0.2, -0.15) is 0 Å². The summed E-state index contributed by atoms with van der Waals surface area (Å²) >= 11 is 1.13. The van der Waals surface area contributed by atoms with Crippen molar-refractivity contribution in [3.05, 3.63) is 11.9 Å². The van der Waals surface area contributed by atoms with Crippen LogP contribution in [-0.4, -0.2) is 32.3 Å². The first-order valence-corrected chi connectivity index (χ1v) is 5.64. The van der Waals surface area contributed by atoms with Crippen molar-refractivity contribution in [3.63, 3.8) is 0 Å². The van der Waals surface area contributed by atoms with E-state index in [9.17, 15) is 9.59 Å². The van der Waals surface area contributed by atoms with Gasteiger partial charge in [-0.05, 0) is 6.92 Å². The molecule has 0 atom stereocenters. The number of nitrogens with zero attached hydrogens (tertiary/aromatic N) is 2. The Labute approximate surface area is 96.8 Å². The zero-order chi connectivity index (χ0) is 12.1. The number of primary amides is 1. The van der Waals surface area contributed by atoms with Crippen molar-refractivity contribution in [2.75, 3.05) is 5.75 Å². The summed E-state index contributed by atoms with van der Waals surface area (Å²) in [7, 11) is 0. The molecule has 1 amide bonds. The van der Waals surface area contributed by atoms with Crippen LogP contribution in [0.3, 0.4) is 0 Å². The second kappa shape index (κ2) is 5.55. The summed E-state index contributed by atoms with van der Waals surface area (Å²) < 4.78 is 1.74. The molecule has 0 aromatic carbocycles. The van der Waals surface area contributed by atoms with Gasteiger partial charge < -0.3 is 15.4 Å². The minimum Gasteiger partial charge on any atom is -0.481 e.